The molecule has 144 valence electrons. The minimum Gasteiger partial charge on any atom is -0.493 e. The summed E-state index contributed by atoms with van der Waals surface area (Å²) < 4.78 is 16.9. The Balaban J connectivity index is 1.56. The third kappa shape index (κ3) is 2.77. The first-order chi connectivity index (χ1) is 14.2. The zero-order chi connectivity index (χ0) is 20.0. The normalized spacial score (nSPS) is 17.0. The van der Waals surface area contributed by atoms with Crippen LogP contribution >= 0.6 is 0 Å². The third-order valence-corrected chi connectivity index (χ3v) is 5.28. The fourth-order valence-electron chi connectivity index (χ4n) is 3.80. The van der Waals surface area contributed by atoms with E-state index in [4.69, 9.17) is 19.5 Å². The van der Waals surface area contributed by atoms with E-state index in [2.05, 4.69) is 16.3 Å². The van der Waals surface area contributed by atoms with Crippen LogP contribution in [-0.2, 0) is 4.74 Å². The van der Waals surface area contributed by atoms with Crippen LogP contribution in [0.4, 0.5) is 0 Å². The highest BCUT2D eigenvalue weighted by Gasteiger charge is 2.34. The van der Waals surface area contributed by atoms with Crippen molar-refractivity contribution < 1.29 is 19.0 Å². The van der Waals surface area contributed by atoms with Gasteiger partial charge in [0, 0.05) is 23.1 Å². The van der Waals surface area contributed by atoms with Gasteiger partial charge in [0.25, 0.3) is 0 Å². The van der Waals surface area contributed by atoms with Crippen molar-refractivity contribution in [1.29, 1.82) is 5.26 Å². The van der Waals surface area contributed by atoms with Gasteiger partial charge in [-0.2, -0.15) is 10.4 Å². The van der Waals surface area contributed by atoms with E-state index < -0.39 is 0 Å². The summed E-state index contributed by atoms with van der Waals surface area (Å²) in [5, 5.41) is 16.3. The van der Waals surface area contributed by atoms with Gasteiger partial charge in [0.15, 0.2) is 17.3 Å². The highest BCUT2D eigenvalue weighted by atomic mass is 16.6. The first-order valence-corrected chi connectivity index (χ1v) is 9.30. The molecule has 1 saturated heterocycles. The van der Waals surface area contributed by atoms with Crippen molar-refractivity contribution in [3.63, 3.8) is 0 Å². The summed E-state index contributed by atoms with van der Waals surface area (Å²) in [6.45, 7) is 1.20. The van der Waals surface area contributed by atoms with Gasteiger partial charge in [-0.25, -0.2) is 0 Å². The number of aromatic amines is 1. The van der Waals surface area contributed by atoms with Gasteiger partial charge in [-0.15, -0.1) is 0 Å². The van der Waals surface area contributed by atoms with Crippen molar-refractivity contribution in [2.45, 2.75) is 12.5 Å². The van der Waals surface area contributed by atoms with Gasteiger partial charge in [-0.05, 0) is 24.3 Å². The molecule has 0 spiro atoms. The molecule has 1 N–H and O–H groups in total. The minimum absolute atomic E-state index is 0.0489. The van der Waals surface area contributed by atoms with Gasteiger partial charge in [0.2, 0.25) is 0 Å². The Hall–Kier alpha value is -3.63. The molecular weight excluding hydrogens is 370 g/mol. The second-order valence-corrected chi connectivity index (χ2v) is 6.99. The van der Waals surface area contributed by atoms with E-state index in [0.29, 0.717) is 52.8 Å². The Morgan fingerprint density at radius 2 is 2.00 bits per heavy atom. The van der Waals surface area contributed by atoms with Crippen LogP contribution in [-0.4, -0.2) is 42.4 Å². The zero-order valence-electron chi connectivity index (χ0n) is 15.7. The van der Waals surface area contributed by atoms with Crippen LogP contribution in [0.25, 0.3) is 22.5 Å². The lowest BCUT2D eigenvalue weighted by molar-refractivity contribution is 0.104. The number of nitrogens with one attached hydrogen (secondary N) is 1. The van der Waals surface area contributed by atoms with Crippen LogP contribution in [0.1, 0.15) is 27.9 Å². The lowest BCUT2D eigenvalue weighted by atomic mass is 10.0. The van der Waals surface area contributed by atoms with Gasteiger partial charge >= 0.3 is 0 Å². The van der Waals surface area contributed by atoms with Crippen LogP contribution in [0.3, 0.4) is 0 Å². The topological polar surface area (TPSA) is 97.2 Å². The Morgan fingerprint density at radius 1 is 1.21 bits per heavy atom. The molecular formula is C22H17N3O4. The molecule has 1 aromatic heterocycles. The molecule has 1 atom stereocenters. The highest BCUT2D eigenvalue weighted by Crippen LogP contribution is 2.45. The number of ether oxygens (including phenoxy) is 3. The van der Waals surface area contributed by atoms with Gasteiger partial charge in [-0.1, -0.05) is 12.1 Å². The minimum atomic E-state index is -0.113. The fourth-order valence-corrected chi connectivity index (χ4v) is 3.80. The van der Waals surface area contributed by atoms with E-state index in [1.807, 2.05) is 6.07 Å². The van der Waals surface area contributed by atoms with Crippen LogP contribution in [0.2, 0.25) is 0 Å². The number of benzene rings is 2. The summed E-state index contributed by atoms with van der Waals surface area (Å²) in [7, 11) is 1.58. The number of nitriles is 1. The van der Waals surface area contributed by atoms with Gasteiger partial charge in [-0.3, -0.25) is 9.89 Å². The van der Waals surface area contributed by atoms with E-state index in [0.717, 1.165) is 17.5 Å². The van der Waals surface area contributed by atoms with Gasteiger partial charge < -0.3 is 14.2 Å². The SMILES string of the molecule is COc1cc2c(cc1OC1CCOC1)C(=O)c1c(-c3ccc(C#N)cc3)n[nH]c1-2. The molecule has 2 aromatic carbocycles. The maximum atomic E-state index is 13.2. The predicted molar refractivity (Wildman–Crippen MR) is 104 cm³/mol. The number of fused-ring (bicyclic) bond motifs is 3. The molecule has 0 bridgehead atoms. The molecule has 5 rings (SSSR count). The van der Waals surface area contributed by atoms with Crippen LogP contribution < -0.4 is 9.47 Å². The maximum Gasteiger partial charge on any atom is 0.198 e. The van der Waals surface area contributed by atoms with Gasteiger partial charge in [0.1, 0.15) is 11.8 Å². The zero-order valence-corrected chi connectivity index (χ0v) is 15.7. The summed E-state index contributed by atoms with van der Waals surface area (Å²) in [6.07, 6.45) is 0.757. The van der Waals surface area contributed by atoms with Crippen molar-refractivity contribution in [3.05, 3.63) is 53.1 Å². The summed E-state index contributed by atoms with van der Waals surface area (Å²) in [5.41, 5.74) is 4.37. The van der Waals surface area contributed by atoms with E-state index in [1.54, 1.807) is 37.4 Å². The summed E-state index contributed by atoms with van der Waals surface area (Å²) in [6, 6.07) is 12.6. The first-order valence-electron chi connectivity index (χ1n) is 9.30. The number of nitrogens with zero attached hydrogens (tertiary/aromatic N) is 2. The maximum absolute atomic E-state index is 13.2. The number of hydrogen-bond acceptors (Lipinski definition) is 6. The summed E-state index contributed by atoms with van der Waals surface area (Å²) in [5.74, 6) is 0.984. The van der Waals surface area contributed by atoms with Crippen molar-refractivity contribution in [1.82, 2.24) is 10.2 Å². The smallest absolute Gasteiger partial charge is 0.198 e. The van der Waals surface area contributed by atoms with Crippen molar-refractivity contribution in [2.75, 3.05) is 20.3 Å². The molecule has 7 nitrogen and oxygen atoms in total. The van der Waals surface area contributed by atoms with Crippen molar-refractivity contribution in [3.8, 4) is 40.1 Å². The Kier molecular flexibility index (Phi) is 4.07. The second-order valence-electron chi connectivity index (χ2n) is 6.99. The molecule has 0 saturated carbocycles. The lowest BCUT2D eigenvalue weighted by Crippen LogP contribution is -2.16. The summed E-state index contributed by atoms with van der Waals surface area (Å²) in [4.78, 5) is 13.2. The van der Waals surface area contributed by atoms with E-state index in [9.17, 15) is 4.79 Å². The Labute approximate surface area is 166 Å². The average Bonchev–Trinajstić information content (AvgIpc) is 3.47. The number of carbonyl (C=O) groups is 1. The highest BCUT2D eigenvalue weighted by molar-refractivity contribution is 6.24. The first kappa shape index (κ1) is 17.5. The van der Waals surface area contributed by atoms with E-state index >= 15 is 0 Å². The molecule has 0 radical (unpaired) electrons. The second kappa shape index (κ2) is 6.76. The Bertz CT molecular complexity index is 1150. The molecule has 2 heterocycles. The average molecular weight is 387 g/mol. The number of rotatable bonds is 4. The number of methoxy groups -OCH3 is 1. The molecule has 1 aliphatic heterocycles. The molecule has 1 unspecified atom stereocenters. The Morgan fingerprint density at radius 3 is 2.69 bits per heavy atom. The number of carbonyl (C=O) groups excluding carboxylic acids is 1. The number of hydrogen-bond donors (Lipinski definition) is 1. The third-order valence-electron chi connectivity index (χ3n) is 5.28. The largest absolute Gasteiger partial charge is 0.493 e. The molecule has 3 aromatic rings. The van der Waals surface area contributed by atoms with Crippen LogP contribution in [0.5, 0.6) is 11.5 Å². The molecule has 0 amide bonds. The molecule has 7 heteroatoms. The van der Waals surface area contributed by atoms with Gasteiger partial charge in [0.05, 0.1) is 43.2 Å². The van der Waals surface area contributed by atoms with E-state index in [-0.39, 0.29) is 11.9 Å². The number of ketones is 1. The van der Waals surface area contributed by atoms with Crippen LogP contribution in [0.15, 0.2) is 36.4 Å². The monoisotopic (exact) mass is 387 g/mol. The number of aromatic nitrogens is 2. The summed E-state index contributed by atoms with van der Waals surface area (Å²) >= 11 is 0. The quantitative estimate of drug-likeness (QED) is 0.577. The molecule has 1 fully saturated rings. The van der Waals surface area contributed by atoms with Crippen molar-refractivity contribution in [2.24, 2.45) is 0 Å². The fraction of sp³-hybridized carbons (Fsp3) is 0.227. The lowest BCUT2D eigenvalue weighted by Gasteiger charge is -2.16. The van der Waals surface area contributed by atoms with Crippen LogP contribution in [0, 0.1) is 11.3 Å². The molecule has 29 heavy (non-hydrogen) atoms. The number of H-pyrrole nitrogens is 1. The van der Waals surface area contributed by atoms with E-state index in [1.165, 1.54) is 0 Å². The molecule has 1 aliphatic carbocycles. The standard InChI is InChI=1S/C22H17N3O4/c1-27-17-8-15-16(9-18(17)29-14-6-7-28-11-14)22(26)19-20(24-25-21(15)19)13-4-2-12(10-23)3-5-13/h2-5,8-9,14H,6-7,11H2,1H3,(H,24,25). The van der Waals surface area contributed by atoms with Crippen molar-refractivity contribution >= 4 is 5.78 Å². The predicted octanol–water partition coefficient (Wildman–Crippen LogP) is 3.34. The molecule has 2 aliphatic rings.